The van der Waals surface area contributed by atoms with Crippen molar-refractivity contribution in [2.24, 2.45) is 7.05 Å². The number of rotatable bonds is 4. The maximum atomic E-state index is 12.4. The molecule has 0 atom stereocenters. The standard InChI is InChI=1S/C12H11F3N4O2/c1-18-7-10(19(20)21)11(17-18)16-6-8-2-4-9(5-3-8)12(13,14)15/h2-5,7H,6H2,1H3,(H,16,17). The van der Waals surface area contributed by atoms with E-state index in [2.05, 4.69) is 10.4 Å². The summed E-state index contributed by atoms with van der Waals surface area (Å²) in [5, 5.41) is 17.4. The molecule has 0 amide bonds. The van der Waals surface area contributed by atoms with Crippen molar-refractivity contribution in [1.29, 1.82) is 0 Å². The lowest BCUT2D eigenvalue weighted by Gasteiger charge is -2.08. The second kappa shape index (κ2) is 5.43. The zero-order valence-electron chi connectivity index (χ0n) is 10.9. The molecule has 0 aliphatic rings. The van der Waals surface area contributed by atoms with Gasteiger partial charge < -0.3 is 5.32 Å². The molecule has 1 heterocycles. The largest absolute Gasteiger partial charge is 0.416 e. The molecule has 0 aliphatic heterocycles. The number of benzene rings is 1. The average Bonchev–Trinajstić information content (AvgIpc) is 2.77. The Balaban J connectivity index is 2.08. The normalized spacial score (nSPS) is 11.4. The van der Waals surface area contributed by atoms with Crippen LogP contribution in [-0.4, -0.2) is 14.7 Å². The van der Waals surface area contributed by atoms with Crippen LogP contribution in [-0.2, 0) is 19.8 Å². The van der Waals surface area contributed by atoms with E-state index in [4.69, 9.17) is 0 Å². The Bertz CT molecular complexity index is 650. The number of nitrogens with zero attached hydrogens (tertiary/aromatic N) is 3. The summed E-state index contributed by atoms with van der Waals surface area (Å²) in [6, 6.07) is 4.54. The van der Waals surface area contributed by atoms with Crippen molar-refractivity contribution in [3.8, 4) is 0 Å². The van der Waals surface area contributed by atoms with Gasteiger partial charge in [0.15, 0.2) is 0 Å². The van der Waals surface area contributed by atoms with Gasteiger partial charge >= 0.3 is 11.9 Å². The molecular weight excluding hydrogens is 289 g/mol. The van der Waals surface area contributed by atoms with Gasteiger partial charge in [-0.05, 0) is 17.7 Å². The van der Waals surface area contributed by atoms with Gasteiger partial charge in [0.1, 0.15) is 6.20 Å². The lowest BCUT2D eigenvalue weighted by atomic mass is 10.1. The van der Waals surface area contributed by atoms with Gasteiger partial charge in [0.25, 0.3) is 0 Å². The fraction of sp³-hybridized carbons (Fsp3) is 0.250. The van der Waals surface area contributed by atoms with E-state index < -0.39 is 16.7 Å². The van der Waals surface area contributed by atoms with Crippen molar-refractivity contribution in [2.75, 3.05) is 5.32 Å². The van der Waals surface area contributed by atoms with Crippen molar-refractivity contribution < 1.29 is 18.1 Å². The number of hydrogen-bond acceptors (Lipinski definition) is 4. The molecule has 21 heavy (non-hydrogen) atoms. The highest BCUT2D eigenvalue weighted by Gasteiger charge is 2.29. The Morgan fingerprint density at radius 2 is 1.95 bits per heavy atom. The van der Waals surface area contributed by atoms with Gasteiger partial charge in [0, 0.05) is 13.6 Å². The van der Waals surface area contributed by atoms with Crippen LogP contribution in [0.25, 0.3) is 0 Å². The predicted octanol–water partition coefficient (Wildman–Crippen LogP) is 2.96. The Kier molecular flexibility index (Phi) is 3.83. The van der Waals surface area contributed by atoms with Gasteiger partial charge in [-0.15, -0.1) is 5.10 Å². The first-order valence-electron chi connectivity index (χ1n) is 5.85. The van der Waals surface area contributed by atoms with Crippen molar-refractivity contribution in [3.63, 3.8) is 0 Å². The van der Waals surface area contributed by atoms with E-state index in [1.807, 2.05) is 0 Å². The maximum absolute atomic E-state index is 12.4. The number of alkyl halides is 3. The number of nitrogens with one attached hydrogen (secondary N) is 1. The molecule has 112 valence electrons. The van der Waals surface area contributed by atoms with Crippen molar-refractivity contribution in [1.82, 2.24) is 9.78 Å². The predicted molar refractivity (Wildman–Crippen MR) is 68.6 cm³/mol. The van der Waals surface area contributed by atoms with Crippen LogP contribution in [0.1, 0.15) is 11.1 Å². The summed E-state index contributed by atoms with van der Waals surface area (Å²) < 4.78 is 38.5. The highest BCUT2D eigenvalue weighted by atomic mass is 19.4. The van der Waals surface area contributed by atoms with Gasteiger partial charge in [-0.2, -0.15) is 13.2 Å². The second-order valence-electron chi connectivity index (χ2n) is 4.34. The summed E-state index contributed by atoms with van der Waals surface area (Å²) in [6.07, 6.45) is -3.14. The molecule has 0 saturated carbocycles. The van der Waals surface area contributed by atoms with E-state index in [9.17, 15) is 23.3 Å². The van der Waals surface area contributed by atoms with Crippen LogP contribution < -0.4 is 5.32 Å². The fourth-order valence-corrected chi connectivity index (χ4v) is 1.73. The summed E-state index contributed by atoms with van der Waals surface area (Å²) in [5.74, 6) is 0.0717. The molecule has 1 aromatic carbocycles. The van der Waals surface area contributed by atoms with Gasteiger partial charge in [-0.3, -0.25) is 14.8 Å². The smallest absolute Gasteiger partial charge is 0.359 e. The topological polar surface area (TPSA) is 73.0 Å². The van der Waals surface area contributed by atoms with Crippen LogP contribution in [0.4, 0.5) is 24.7 Å². The molecule has 0 unspecified atom stereocenters. The number of anilines is 1. The van der Waals surface area contributed by atoms with E-state index in [0.717, 1.165) is 12.1 Å². The number of aryl methyl sites for hydroxylation is 1. The molecular formula is C12H11F3N4O2. The Morgan fingerprint density at radius 1 is 1.33 bits per heavy atom. The highest BCUT2D eigenvalue weighted by molar-refractivity contribution is 5.54. The van der Waals surface area contributed by atoms with Crippen LogP contribution in [0, 0.1) is 10.1 Å². The molecule has 6 nitrogen and oxygen atoms in total. The number of nitro groups is 1. The number of hydrogen-bond donors (Lipinski definition) is 1. The molecule has 9 heteroatoms. The zero-order valence-corrected chi connectivity index (χ0v) is 10.9. The minimum Gasteiger partial charge on any atom is -0.359 e. The first-order valence-corrected chi connectivity index (χ1v) is 5.85. The minimum absolute atomic E-state index is 0.0717. The van der Waals surface area contributed by atoms with Gasteiger partial charge in [-0.25, -0.2) is 0 Å². The molecule has 1 aromatic heterocycles. The van der Waals surface area contributed by atoms with Gasteiger partial charge in [-0.1, -0.05) is 12.1 Å². The van der Waals surface area contributed by atoms with Crippen molar-refractivity contribution >= 4 is 11.5 Å². The molecule has 0 spiro atoms. The van der Waals surface area contributed by atoms with Crippen LogP contribution in [0.3, 0.4) is 0 Å². The monoisotopic (exact) mass is 300 g/mol. The Labute approximate surface area is 117 Å². The molecule has 0 saturated heterocycles. The highest BCUT2D eigenvalue weighted by Crippen LogP contribution is 2.29. The van der Waals surface area contributed by atoms with Crippen molar-refractivity contribution in [2.45, 2.75) is 12.7 Å². The molecule has 0 bridgehead atoms. The Morgan fingerprint density at radius 3 is 2.48 bits per heavy atom. The molecule has 0 radical (unpaired) electrons. The van der Waals surface area contributed by atoms with Crippen LogP contribution in [0.15, 0.2) is 30.5 Å². The summed E-state index contributed by atoms with van der Waals surface area (Å²) in [5.41, 5.74) is -0.373. The molecule has 2 rings (SSSR count). The molecule has 0 fully saturated rings. The van der Waals surface area contributed by atoms with E-state index in [-0.39, 0.29) is 18.1 Å². The maximum Gasteiger partial charge on any atom is 0.416 e. The molecule has 2 aromatic rings. The average molecular weight is 300 g/mol. The summed E-state index contributed by atoms with van der Waals surface area (Å²) >= 11 is 0. The Hall–Kier alpha value is -2.58. The van der Waals surface area contributed by atoms with Crippen LogP contribution >= 0.6 is 0 Å². The third-order valence-electron chi connectivity index (χ3n) is 2.75. The summed E-state index contributed by atoms with van der Waals surface area (Å²) in [7, 11) is 1.54. The lowest BCUT2D eigenvalue weighted by Crippen LogP contribution is -2.06. The third kappa shape index (κ3) is 3.50. The first-order chi connectivity index (χ1) is 9.77. The zero-order chi connectivity index (χ0) is 15.6. The van der Waals surface area contributed by atoms with Gasteiger partial charge in [0.2, 0.25) is 5.82 Å². The fourth-order valence-electron chi connectivity index (χ4n) is 1.73. The quantitative estimate of drug-likeness (QED) is 0.696. The van der Waals surface area contributed by atoms with Gasteiger partial charge in [0.05, 0.1) is 10.5 Å². The van der Waals surface area contributed by atoms with Crippen LogP contribution in [0.5, 0.6) is 0 Å². The van der Waals surface area contributed by atoms with E-state index >= 15 is 0 Å². The second-order valence-corrected chi connectivity index (χ2v) is 4.34. The lowest BCUT2D eigenvalue weighted by molar-refractivity contribution is -0.384. The molecule has 0 aliphatic carbocycles. The summed E-state index contributed by atoms with van der Waals surface area (Å²) in [4.78, 5) is 10.2. The minimum atomic E-state index is -4.38. The van der Waals surface area contributed by atoms with Crippen molar-refractivity contribution in [3.05, 3.63) is 51.7 Å². The van der Waals surface area contributed by atoms with E-state index in [1.54, 1.807) is 0 Å². The summed E-state index contributed by atoms with van der Waals surface area (Å²) in [6.45, 7) is 0.135. The van der Waals surface area contributed by atoms with Crippen LogP contribution in [0.2, 0.25) is 0 Å². The molecule has 1 N–H and O–H groups in total. The first kappa shape index (κ1) is 14.8. The SMILES string of the molecule is Cn1cc([N+](=O)[O-])c(NCc2ccc(C(F)(F)F)cc2)n1. The van der Waals surface area contributed by atoms with E-state index in [0.29, 0.717) is 5.56 Å². The number of halogens is 3. The number of aromatic nitrogens is 2. The van der Waals surface area contributed by atoms with E-state index in [1.165, 1.54) is 30.1 Å². The third-order valence-corrected chi connectivity index (χ3v) is 2.75.